The third-order valence-electron chi connectivity index (χ3n) is 6.00. The maximum absolute atomic E-state index is 13.3. The molecule has 2 heterocycles. The number of hydrogen-bond donors (Lipinski definition) is 0. The Labute approximate surface area is 204 Å². The Morgan fingerprint density at radius 1 is 1.11 bits per heavy atom. The van der Waals surface area contributed by atoms with Crippen LogP contribution in [0.4, 0.5) is 36.8 Å². The van der Waals surface area contributed by atoms with E-state index in [-0.39, 0.29) is 12.2 Å². The predicted molar refractivity (Wildman–Crippen MR) is 110 cm³/mol. The van der Waals surface area contributed by atoms with Crippen LogP contribution in [0.15, 0.2) is 47.6 Å². The number of anilines is 1. The molecule has 0 N–H and O–H groups in total. The Bertz CT molecular complexity index is 1390. The molecule has 4 rings (SSSR count). The summed E-state index contributed by atoms with van der Waals surface area (Å²) in [6.07, 6.45) is -4.64. The van der Waals surface area contributed by atoms with Gasteiger partial charge in [0, 0.05) is 25.4 Å². The third-order valence-corrected chi connectivity index (χ3v) is 7.50. The number of imide groups is 1. The van der Waals surface area contributed by atoms with Crippen molar-refractivity contribution in [2.75, 3.05) is 4.90 Å². The minimum absolute atomic E-state index is 0.296. The molecule has 0 bridgehead atoms. The van der Waals surface area contributed by atoms with Gasteiger partial charge in [-0.3, -0.25) is 9.78 Å². The van der Waals surface area contributed by atoms with Gasteiger partial charge in [0.1, 0.15) is 6.10 Å². The summed E-state index contributed by atoms with van der Waals surface area (Å²) < 4.78 is 104. The van der Waals surface area contributed by atoms with Gasteiger partial charge in [-0.1, -0.05) is 0 Å². The number of ether oxygens (including phenoxy) is 1. The third kappa shape index (κ3) is 4.28. The SMILES string of the molecule is Cc1cnccc1CN1C(=O)N(c2ccc(S(=O)(=O)C(F)(F)F)cc2)C(=O)C12CC2OC(=O)C(F)(F)F. The lowest BCUT2D eigenvalue weighted by Crippen LogP contribution is -2.42. The molecule has 198 valence electrons. The fraction of sp³-hybridized carbons (Fsp3) is 0.333. The van der Waals surface area contributed by atoms with E-state index < -0.39 is 62.4 Å². The van der Waals surface area contributed by atoms with Crippen molar-refractivity contribution in [3.63, 3.8) is 0 Å². The number of urea groups is 1. The Balaban J connectivity index is 1.71. The van der Waals surface area contributed by atoms with Gasteiger partial charge in [0.2, 0.25) is 0 Å². The second-order valence-electron chi connectivity index (χ2n) is 8.27. The molecule has 2 fully saturated rings. The van der Waals surface area contributed by atoms with E-state index in [0.717, 1.165) is 17.0 Å². The molecule has 1 aliphatic carbocycles. The molecule has 2 aromatic rings. The van der Waals surface area contributed by atoms with Crippen LogP contribution in [0.1, 0.15) is 17.5 Å². The molecule has 1 saturated heterocycles. The zero-order valence-corrected chi connectivity index (χ0v) is 19.3. The Morgan fingerprint density at radius 2 is 1.73 bits per heavy atom. The summed E-state index contributed by atoms with van der Waals surface area (Å²) >= 11 is 0. The number of nitrogens with zero attached hydrogens (tertiary/aromatic N) is 3. The van der Waals surface area contributed by atoms with E-state index in [0.29, 0.717) is 28.2 Å². The van der Waals surface area contributed by atoms with Gasteiger partial charge in [0.25, 0.3) is 15.7 Å². The molecular formula is C21H15F6N3O6S. The molecule has 1 aliphatic heterocycles. The van der Waals surface area contributed by atoms with Gasteiger partial charge in [-0.25, -0.2) is 22.9 Å². The number of aromatic nitrogens is 1. The van der Waals surface area contributed by atoms with E-state index in [1.54, 1.807) is 6.92 Å². The van der Waals surface area contributed by atoms with Crippen LogP contribution in [0.25, 0.3) is 0 Å². The van der Waals surface area contributed by atoms with Gasteiger partial charge in [-0.05, 0) is 48.4 Å². The smallest absolute Gasteiger partial charge is 0.453 e. The molecule has 2 unspecified atom stereocenters. The predicted octanol–water partition coefficient (Wildman–Crippen LogP) is 3.27. The van der Waals surface area contributed by atoms with Gasteiger partial charge < -0.3 is 9.64 Å². The number of pyridine rings is 1. The van der Waals surface area contributed by atoms with E-state index in [1.807, 2.05) is 0 Å². The Morgan fingerprint density at radius 3 is 2.27 bits per heavy atom. The first-order chi connectivity index (χ1) is 17.0. The molecule has 16 heteroatoms. The first kappa shape index (κ1) is 26.4. The highest BCUT2D eigenvalue weighted by Crippen LogP contribution is 2.52. The summed E-state index contributed by atoms with van der Waals surface area (Å²) in [5.74, 6) is -3.65. The van der Waals surface area contributed by atoms with Crippen molar-refractivity contribution in [3.05, 3.63) is 53.9 Å². The van der Waals surface area contributed by atoms with Gasteiger partial charge >= 0.3 is 23.7 Å². The normalized spacial score (nSPS) is 22.1. The maximum Gasteiger partial charge on any atom is 0.501 e. The number of benzene rings is 1. The molecule has 1 aromatic carbocycles. The van der Waals surface area contributed by atoms with Crippen LogP contribution >= 0.6 is 0 Å². The van der Waals surface area contributed by atoms with Crippen LogP contribution in [0.2, 0.25) is 0 Å². The highest BCUT2D eigenvalue weighted by Gasteiger charge is 2.75. The number of sulfone groups is 1. The average molecular weight is 551 g/mol. The topological polar surface area (TPSA) is 114 Å². The van der Waals surface area contributed by atoms with E-state index in [9.17, 15) is 49.1 Å². The number of rotatable bonds is 5. The molecule has 1 aromatic heterocycles. The summed E-state index contributed by atoms with van der Waals surface area (Å²) in [5, 5.41) is 0. The van der Waals surface area contributed by atoms with Crippen LogP contribution in [-0.4, -0.2) is 59.5 Å². The lowest BCUT2D eigenvalue weighted by atomic mass is 10.1. The molecule has 2 atom stereocenters. The van der Waals surface area contributed by atoms with Crippen LogP contribution in [-0.2, 0) is 30.7 Å². The lowest BCUT2D eigenvalue weighted by molar-refractivity contribution is -0.202. The van der Waals surface area contributed by atoms with Crippen molar-refractivity contribution in [1.82, 2.24) is 9.88 Å². The van der Waals surface area contributed by atoms with Gasteiger partial charge in [0.05, 0.1) is 10.6 Å². The molecule has 3 amide bonds. The fourth-order valence-electron chi connectivity index (χ4n) is 3.95. The van der Waals surface area contributed by atoms with Crippen LogP contribution < -0.4 is 4.90 Å². The quantitative estimate of drug-likeness (QED) is 0.318. The fourth-order valence-corrected chi connectivity index (χ4v) is 4.71. The summed E-state index contributed by atoms with van der Waals surface area (Å²) in [4.78, 5) is 42.2. The molecular weight excluding hydrogens is 536 g/mol. The summed E-state index contributed by atoms with van der Waals surface area (Å²) in [5.41, 5.74) is -6.89. The van der Waals surface area contributed by atoms with E-state index in [1.165, 1.54) is 18.5 Å². The second-order valence-corrected chi connectivity index (χ2v) is 10.2. The van der Waals surface area contributed by atoms with Crippen LogP contribution in [0, 0.1) is 6.92 Å². The first-order valence-corrected chi connectivity index (χ1v) is 11.7. The number of halogens is 6. The largest absolute Gasteiger partial charge is 0.501 e. The Hall–Kier alpha value is -3.69. The number of esters is 1. The molecule has 9 nitrogen and oxygen atoms in total. The van der Waals surface area contributed by atoms with Crippen molar-refractivity contribution in [2.45, 2.75) is 48.1 Å². The van der Waals surface area contributed by atoms with Gasteiger partial charge in [-0.15, -0.1) is 0 Å². The summed E-state index contributed by atoms with van der Waals surface area (Å²) in [6, 6.07) is 3.08. The highest BCUT2D eigenvalue weighted by molar-refractivity contribution is 7.92. The van der Waals surface area contributed by atoms with Crippen molar-refractivity contribution >= 4 is 33.4 Å². The van der Waals surface area contributed by atoms with Crippen LogP contribution in [0.5, 0.6) is 0 Å². The number of amides is 3. The van der Waals surface area contributed by atoms with Crippen LogP contribution in [0.3, 0.4) is 0 Å². The van der Waals surface area contributed by atoms with Gasteiger partial charge in [0.15, 0.2) is 5.54 Å². The minimum Gasteiger partial charge on any atom is -0.453 e. The van der Waals surface area contributed by atoms with Crippen molar-refractivity contribution in [3.8, 4) is 0 Å². The number of hydrogen-bond acceptors (Lipinski definition) is 7. The van der Waals surface area contributed by atoms with E-state index in [4.69, 9.17) is 0 Å². The number of carbonyl (C=O) groups is 3. The zero-order valence-electron chi connectivity index (χ0n) is 18.5. The number of carbonyl (C=O) groups excluding carboxylic acids is 3. The lowest BCUT2D eigenvalue weighted by Gasteiger charge is -2.23. The average Bonchev–Trinajstić information content (AvgIpc) is 3.47. The van der Waals surface area contributed by atoms with Gasteiger partial charge in [-0.2, -0.15) is 26.3 Å². The number of alkyl halides is 6. The molecule has 1 spiro atoms. The monoisotopic (exact) mass is 551 g/mol. The summed E-state index contributed by atoms with van der Waals surface area (Å²) in [7, 11) is -5.72. The maximum atomic E-state index is 13.3. The highest BCUT2D eigenvalue weighted by atomic mass is 32.2. The molecule has 1 saturated carbocycles. The minimum atomic E-state index is -5.72. The molecule has 2 aliphatic rings. The van der Waals surface area contributed by atoms with Crippen molar-refractivity contribution < 1.29 is 53.9 Å². The second kappa shape index (κ2) is 8.43. The number of aryl methyl sites for hydroxylation is 1. The Kier molecular flexibility index (Phi) is 6.01. The first-order valence-electron chi connectivity index (χ1n) is 10.3. The van der Waals surface area contributed by atoms with Crippen molar-refractivity contribution in [2.24, 2.45) is 0 Å². The van der Waals surface area contributed by atoms with E-state index >= 15 is 0 Å². The molecule has 0 radical (unpaired) electrons. The van der Waals surface area contributed by atoms with E-state index in [2.05, 4.69) is 9.72 Å². The zero-order chi connectivity index (χ0) is 27.6. The standard InChI is InChI=1S/C21H15F6N3O6S/c1-11-9-28-7-6-12(11)10-29-18(33)30(13-2-4-14(5-3-13)37(34,35)21(25,26)27)16(31)19(29)8-15(19)36-17(32)20(22,23)24/h2-7,9,15H,8,10H2,1H3. The van der Waals surface area contributed by atoms with Crippen molar-refractivity contribution in [1.29, 1.82) is 0 Å². The summed E-state index contributed by atoms with van der Waals surface area (Å²) in [6.45, 7) is 1.33. The molecule has 37 heavy (non-hydrogen) atoms.